The molecule has 72 valence electrons. The molecule has 1 aliphatic rings. The number of nitrogens with one attached hydrogen (secondary N) is 1. The quantitative estimate of drug-likeness (QED) is 0.486. The van der Waals surface area contributed by atoms with Crippen LogP contribution in [0, 0.1) is 6.92 Å². The normalized spacial score (nSPS) is 20.8. The Morgan fingerprint density at radius 2 is 2.43 bits per heavy atom. The number of allylic oxidation sites excluding steroid dienone is 1. The van der Waals surface area contributed by atoms with Gasteiger partial charge >= 0.3 is 0 Å². The minimum Gasteiger partial charge on any atom is -0.361 e. The minimum absolute atomic E-state index is 0.0501. The highest BCUT2D eigenvalue weighted by atomic mass is 16.5. The van der Waals surface area contributed by atoms with E-state index in [0.29, 0.717) is 11.7 Å². The van der Waals surface area contributed by atoms with E-state index in [2.05, 4.69) is 15.5 Å². The summed E-state index contributed by atoms with van der Waals surface area (Å²) in [5.41, 5.74) is -0.0501. The molecule has 0 radical (unpaired) electrons. The average Bonchev–Trinajstić information content (AvgIpc) is 2.71. The summed E-state index contributed by atoms with van der Waals surface area (Å²) in [6.07, 6.45) is 0.159. The lowest BCUT2D eigenvalue weighted by atomic mass is 10.2. The maximum Gasteiger partial charge on any atom is 0.249 e. The monoisotopic (exact) mass is 193 g/mol. The van der Waals surface area contributed by atoms with Gasteiger partial charge in [0.1, 0.15) is 6.04 Å². The van der Waals surface area contributed by atoms with Crippen molar-refractivity contribution in [1.29, 1.82) is 0 Å². The van der Waals surface area contributed by atoms with E-state index in [4.69, 9.17) is 4.52 Å². The van der Waals surface area contributed by atoms with Gasteiger partial charge < -0.3 is 9.84 Å². The molecule has 1 aliphatic heterocycles. The zero-order chi connectivity index (χ0) is 10.1. The third-order valence-corrected chi connectivity index (χ3v) is 1.93. The van der Waals surface area contributed by atoms with Crippen molar-refractivity contribution in [2.75, 3.05) is 0 Å². The Hall–Kier alpha value is -1.94. The maximum absolute atomic E-state index is 11.1. The first-order chi connectivity index (χ1) is 6.70. The summed E-state index contributed by atoms with van der Waals surface area (Å²) in [4.78, 5) is 25.4. The van der Waals surface area contributed by atoms with Crippen molar-refractivity contribution in [1.82, 2.24) is 15.5 Å². The molecule has 1 N–H and O–H groups in total. The second-order valence-electron chi connectivity index (χ2n) is 2.98. The number of hydrogen-bond acceptors (Lipinski definition) is 6. The number of carbonyl (C=O) groups excluding carboxylic acids is 2. The van der Waals surface area contributed by atoms with Crippen LogP contribution in [0.2, 0.25) is 0 Å². The molecular formula is C8H7N3O3. The van der Waals surface area contributed by atoms with Crippen molar-refractivity contribution in [3.05, 3.63) is 17.4 Å². The summed E-state index contributed by atoms with van der Waals surface area (Å²) in [7, 11) is 0. The molecular weight excluding hydrogens is 186 g/mol. The lowest BCUT2D eigenvalue weighted by molar-refractivity contribution is -0.114. The third kappa shape index (κ3) is 1.31. The van der Waals surface area contributed by atoms with E-state index < -0.39 is 0 Å². The van der Waals surface area contributed by atoms with Crippen molar-refractivity contribution in [2.24, 2.45) is 0 Å². The Kier molecular flexibility index (Phi) is 1.90. The molecule has 0 amide bonds. The van der Waals surface area contributed by atoms with Crippen LogP contribution in [0.15, 0.2) is 10.2 Å². The van der Waals surface area contributed by atoms with E-state index in [1.807, 2.05) is 0 Å². The minimum atomic E-state index is -0.389. The Bertz CT molecular complexity index is 431. The summed E-state index contributed by atoms with van der Waals surface area (Å²) >= 11 is 0. The molecule has 1 aromatic heterocycles. The van der Waals surface area contributed by atoms with Gasteiger partial charge in [-0.25, -0.2) is 4.79 Å². The van der Waals surface area contributed by atoms with E-state index >= 15 is 0 Å². The standard InChI is InChI=1S/C8H7N3O3/c1-4-9-8(14-11-4)5-2-7(13)6(3-12)10-5/h5,10H,2H2,1H3. The molecule has 6 heteroatoms. The van der Waals surface area contributed by atoms with Crippen LogP contribution in [-0.2, 0) is 9.59 Å². The summed E-state index contributed by atoms with van der Waals surface area (Å²) in [6.45, 7) is 1.68. The highest BCUT2D eigenvalue weighted by Crippen LogP contribution is 2.23. The summed E-state index contributed by atoms with van der Waals surface area (Å²) in [6, 6.07) is -0.389. The van der Waals surface area contributed by atoms with Crippen LogP contribution in [0.4, 0.5) is 0 Å². The van der Waals surface area contributed by atoms with E-state index in [9.17, 15) is 9.59 Å². The Balaban J connectivity index is 2.24. The Labute approximate surface area is 79.0 Å². The van der Waals surface area contributed by atoms with Gasteiger partial charge in [-0.15, -0.1) is 0 Å². The highest BCUT2D eigenvalue weighted by Gasteiger charge is 2.32. The molecule has 0 saturated carbocycles. The third-order valence-electron chi connectivity index (χ3n) is 1.93. The van der Waals surface area contributed by atoms with Crippen molar-refractivity contribution < 1.29 is 14.1 Å². The van der Waals surface area contributed by atoms with Gasteiger partial charge in [-0.1, -0.05) is 5.16 Å². The van der Waals surface area contributed by atoms with Gasteiger partial charge in [0.25, 0.3) is 0 Å². The Morgan fingerprint density at radius 3 is 2.93 bits per heavy atom. The highest BCUT2D eigenvalue weighted by molar-refractivity contribution is 6.03. The van der Waals surface area contributed by atoms with Crippen LogP contribution < -0.4 is 5.32 Å². The van der Waals surface area contributed by atoms with E-state index in [-0.39, 0.29) is 23.9 Å². The molecule has 0 aromatic carbocycles. The molecule has 0 bridgehead atoms. The molecule has 2 rings (SSSR count). The van der Waals surface area contributed by atoms with Crippen molar-refractivity contribution in [3.8, 4) is 0 Å². The van der Waals surface area contributed by atoms with Crippen LogP contribution in [0.3, 0.4) is 0 Å². The number of Topliss-reactive ketones (excluding diaryl/α,β-unsaturated/α-hetero) is 1. The number of ketones is 1. The van der Waals surface area contributed by atoms with Crippen molar-refractivity contribution in [3.63, 3.8) is 0 Å². The van der Waals surface area contributed by atoms with Gasteiger partial charge in [0.05, 0.1) is 0 Å². The molecule has 14 heavy (non-hydrogen) atoms. The SMILES string of the molecule is Cc1noc(C2CC(=O)C(=C=O)N2)n1. The van der Waals surface area contributed by atoms with Gasteiger partial charge in [0, 0.05) is 6.42 Å². The predicted molar refractivity (Wildman–Crippen MR) is 43.7 cm³/mol. The second-order valence-corrected chi connectivity index (χ2v) is 2.98. The first-order valence-corrected chi connectivity index (χ1v) is 4.05. The van der Waals surface area contributed by atoms with Gasteiger partial charge in [0.2, 0.25) is 5.89 Å². The Morgan fingerprint density at radius 1 is 1.64 bits per heavy atom. The molecule has 1 saturated heterocycles. The van der Waals surface area contributed by atoms with Gasteiger partial charge in [-0.2, -0.15) is 4.98 Å². The largest absolute Gasteiger partial charge is 0.361 e. The number of hydrogen-bond donors (Lipinski definition) is 1. The van der Waals surface area contributed by atoms with Crippen LogP contribution in [-0.4, -0.2) is 21.9 Å². The first-order valence-electron chi connectivity index (χ1n) is 4.05. The summed E-state index contributed by atoms with van der Waals surface area (Å²) in [5, 5.41) is 6.26. The topological polar surface area (TPSA) is 85.1 Å². The first kappa shape index (κ1) is 8.65. The summed E-state index contributed by atoms with van der Waals surface area (Å²) in [5.74, 6) is 2.08. The fourth-order valence-corrected chi connectivity index (χ4v) is 1.28. The average molecular weight is 193 g/mol. The van der Waals surface area contributed by atoms with Crippen molar-refractivity contribution in [2.45, 2.75) is 19.4 Å². The fraction of sp³-hybridized carbons (Fsp3) is 0.375. The predicted octanol–water partition coefficient (Wildman–Crippen LogP) is -0.303. The van der Waals surface area contributed by atoms with Gasteiger partial charge in [-0.3, -0.25) is 4.79 Å². The number of rotatable bonds is 1. The lowest BCUT2D eigenvalue weighted by Gasteiger charge is -2.00. The van der Waals surface area contributed by atoms with Crippen LogP contribution >= 0.6 is 0 Å². The van der Waals surface area contributed by atoms with Crippen LogP contribution in [0.25, 0.3) is 0 Å². The van der Waals surface area contributed by atoms with Gasteiger partial charge in [-0.05, 0) is 6.92 Å². The van der Waals surface area contributed by atoms with E-state index in [1.165, 1.54) is 5.94 Å². The fourth-order valence-electron chi connectivity index (χ4n) is 1.28. The number of carbonyl (C=O) groups is 1. The number of aryl methyl sites for hydroxylation is 1. The second kappa shape index (κ2) is 3.08. The molecule has 0 spiro atoms. The molecule has 2 heterocycles. The molecule has 0 aliphatic carbocycles. The smallest absolute Gasteiger partial charge is 0.249 e. The van der Waals surface area contributed by atoms with E-state index in [1.54, 1.807) is 6.92 Å². The lowest BCUT2D eigenvalue weighted by Crippen LogP contribution is -2.13. The van der Waals surface area contributed by atoms with Crippen molar-refractivity contribution >= 4 is 11.7 Å². The molecule has 1 aromatic rings. The zero-order valence-electron chi connectivity index (χ0n) is 7.40. The molecule has 6 nitrogen and oxygen atoms in total. The molecule has 1 atom stereocenters. The van der Waals surface area contributed by atoms with E-state index in [0.717, 1.165) is 0 Å². The number of aromatic nitrogens is 2. The summed E-state index contributed by atoms with van der Waals surface area (Å²) < 4.78 is 4.87. The zero-order valence-corrected chi connectivity index (χ0v) is 7.40. The molecule has 1 fully saturated rings. The van der Waals surface area contributed by atoms with Gasteiger partial charge in [0.15, 0.2) is 23.2 Å². The van der Waals surface area contributed by atoms with Crippen LogP contribution in [0.5, 0.6) is 0 Å². The van der Waals surface area contributed by atoms with Crippen LogP contribution in [0.1, 0.15) is 24.2 Å². The number of nitrogens with zero attached hydrogens (tertiary/aromatic N) is 2. The maximum atomic E-state index is 11.1. The molecule has 1 unspecified atom stereocenters.